The number of carbonyl (C=O) groups excluding carboxylic acids is 1. The molecular formula is C20H19N3O5. The number of benzene rings is 1. The molecule has 1 aliphatic rings. The fourth-order valence-corrected chi connectivity index (χ4v) is 3.08. The molecule has 0 atom stereocenters. The normalized spacial score (nSPS) is 13.5. The Morgan fingerprint density at radius 2 is 2.07 bits per heavy atom. The average Bonchev–Trinajstić information content (AvgIpc) is 3.45. The molecule has 8 heteroatoms. The Morgan fingerprint density at radius 1 is 1.29 bits per heavy atom. The molecule has 3 aromatic rings. The summed E-state index contributed by atoms with van der Waals surface area (Å²) in [5, 5.41) is 16.2. The highest BCUT2D eigenvalue weighted by atomic mass is 16.5. The Balaban J connectivity index is 1.62. The number of carboxylic acids is 1. The molecule has 0 saturated heterocycles. The van der Waals surface area contributed by atoms with Crippen LogP contribution in [0.2, 0.25) is 0 Å². The SMILES string of the molecule is Cc1cc(OCC(=O)O)ccc1NC(=O)c1cc(C2CC2)nc2onc(C)c12. The van der Waals surface area contributed by atoms with Crippen molar-refractivity contribution in [2.45, 2.75) is 32.6 Å². The molecule has 0 aliphatic heterocycles. The number of anilines is 1. The van der Waals surface area contributed by atoms with E-state index in [1.807, 2.05) is 13.0 Å². The minimum absolute atomic E-state index is 0.275. The Bertz CT molecular complexity index is 1080. The van der Waals surface area contributed by atoms with Crippen LogP contribution in [-0.4, -0.2) is 33.7 Å². The van der Waals surface area contributed by atoms with E-state index in [2.05, 4.69) is 15.5 Å². The van der Waals surface area contributed by atoms with Crippen molar-refractivity contribution in [3.8, 4) is 5.75 Å². The van der Waals surface area contributed by atoms with Gasteiger partial charge in [0.05, 0.1) is 16.6 Å². The number of hydrogen-bond donors (Lipinski definition) is 2. The highest BCUT2D eigenvalue weighted by molar-refractivity contribution is 6.12. The van der Waals surface area contributed by atoms with E-state index in [0.717, 1.165) is 24.1 Å². The second-order valence-corrected chi connectivity index (χ2v) is 6.93. The summed E-state index contributed by atoms with van der Waals surface area (Å²) in [5.41, 5.74) is 3.69. The first-order chi connectivity index (χ1) is 13.4. The molecule has 0 unspecified atom stereocenters. The van der Waals surface area contributed by atoms with E-state index in [4.69, 9.17) is 14.4 Å². The van der Waals surface area contributed by atoms with Crippen LogP contribution in [-0.2, 0) is 4.79 Å². The maximum atomic E-state index is 13.0. The van der Waals surface area contributed by atoms with E-state index >= 15 is 0 Å². The molecule has 0 spiro atoms. The van der Waals surface area contributed by atoms with Gasteiger partial charge in [0.15, 0.2) is 6.61 Å². The number of aromatic nitrogens is 2. The third-order valence-electron chi connectivity index (χ3n) is 4.69. The first kappa shape index (κ1) is 18.0. The molecule has 0 bridgehead atoms. The zero-order valence-corrected chi connectivity index (χ0v) is 15.5. The molecule has 1 fully saturated rings. The van der Waals surface area contributed by atoms with E-state index in [1.54, 1.807) is 25.1 Å². The van der Waals surface area contributed by atoms with Gasteiger partial charge in [-0.3, -0.25) is 4.79 Å². The molecule has 8 nitrogen and oxygen atoms in total. The standard InChI is InChI=1S/C20H19N3O5/c1-10-7-13(27-9-17(24)25)5-6-15(10)21-19(26)14-8-16(12-3-4-12)22-20-18(14)11(2)23-28-20/h5-8,12H,3-4,9H2,1-2H3,(H,21,26)(H,24,25). The molecule has 1 aliphatic carbocycles. The highest BCUT2D eigenvalue weighted by Crippen LogP contribution is 2.40. The van der Waals surface area contributed by atoms with Gasteiger partial charge in [-0.15, -0.1) is 0 Å². The molecule has 2 heterocycles. The van der Waals surface area contributed by atoms with Gasteiger partial charge in [-0.1, -0.05) is 5.16 Å². The van der Waals surface area contributed by atoms with E-state index in [-0.39, 0.29) is 5.91 Å². The maximum absolute atomic E-state index is 13.0. The molecule has 144 valence electrons. The molecular weight excluding hydrogens is 362 g/mol. The first-order valence-electron chi connectivity index (χ1n) is 8.96. The number of rotatable bonds is 6. The Kier molecular flexibility index (Phi) is 4.46. The fraction of sp³-hybridized carbons (Fsp3) is 0.300. The van der Waals surface area contributed by atoms with Crippen molar-refractivity contribution in [1.82, 2.24) is 10.1 Å². The number of carbonyl (C=O) groups is 2. The van der Waals surface area contributed by atoms with Gasteiger partial charge in [-0.2, -0.15) is 0 Å². The number of aryl methyl sites for hydroxylation is 2. The third kappa shape index (κ3) is 3.53. The zero-order chi connectivity index (χ0) is 19.8. The third-order valence-corrected chi connectivity index (χ3v) is 4.69. The van der Waals surface area contributed by atoms with Crippen molar-refractivity contribution >= 4 is 28.7 Å². The molecule has 1 saturated carbocycles. The fourth-order valence-electron chi connectivity index (χ4n) is 3.08. The number of nitrogens with one attached hydrogen (secondary N) is 1. The number of fused-ring (bicyclic) bond motifs is 1. The largest absolute Gasteiger partial charge is 0.482 e. The van der Waals surface area contributed by atoms with Crippen LogP contribution < -0.4 is 10.1 Å². The smallest absolute Gasteiger partial charge is 0.341 e. The number of hydrogen-bond acceptors (Lipinski definition) is 6. The van der Waals surface area contributed by atoms with Crippen molar-refractivity contribution in [3.05, 3.63) is 46.8 Å². The van der Waals surface area contributed by atoms with Crippen LogP contribution in [0, 0.1) is 13.8 Å². The van der Waals surface area contributed by atoms with Crippen molar-refractivity contribution in [2.75, 3.05) is 11.9 Å². The topological polar surface area (TPSA) is 115 Å². The number of aliphatic carboxylic acids is 1. The van der Waals surface area contributed by atoms with Gasteiger partial charge >= 0.3 is 5.97 Å². The Hall–Kier alpha value is -3.42. The molecule has 0 radical (unpaired) electrons. The first-order valence-corrected chi connectivity index (χ1v) is 8.96. The van der Waals surface area contributed by atoms with Gasteiger partial charge < -0.3 is 19.7 Å². The maximum Gasteiger partial charge on any atom is 0.341 e. The molecule has 4 rings (SSSR count). The highest BCUT2D eigenvalue weighted by Gasteiger charge is 2.28. The van der Waals surface area contributed by atoms with Crippen LogP contribution >= 0.6 is 0 Å². The van der Waals surface area contributed by atoms with Crippen LogP contribution in [0.4, 0.5) is 5.69 Å². The van der Waals surface area contributed by atoms with E-state index in [9.17, 15) is 9.59 Å². The summed E-state index contributed by atoms with van der Waals surface area (Å²) in [5.74, 6) is -0.529. The van der Waals surface area contributed by atoms with Crippen LogP contribution in [0.5, 0.6) is 5.75 Å². The summed E-state index contributed by atoms with van der Waals surface area (Å²) in [6, 6.07) is 6.80. The molecule has 2 aromatic heterocycles. The molecule has 2 N–H and O–H groups in total. The Morgan fingerprint density at radius 3 is 2.75 bits per heavy atom. The summed E-state index contributed by atoms with van der Waals surface area (Å²) in [4.78, 5) is 28.1. The second kappa shape index (κ2) is 6.95. The molecule has 1 aromatic carbocycles. The van der Waals surface area contributed by atoms with Gasteiger partial charge in [0, 0.05) is 17.3 Å². The number of ether oxygens (including phenoxy) is 1. The van der Waals surface area contributed by atoms with E-state index in [1.165, 1.54) is 0 Å². The summed E-state index contributed by atoms with van der Waals surface area (Å²) in [6.07, 6.45) is 2.12. The predicted octanol–water partition coefficient (Wildman–Crippen LogP) is 3.43. The lowest BCUT2D eigenvalue weighted by molar-refractivity contribution is -0.139. The number of amides is 1. The van der Waals surface area contributed by atoms with Crippen molar-refractivity contribution in [2.24, 2.45) is 0 Å². The lowest BCUT2D eigenvalue weighted by Gasteiger charge is -2.12. The van der Waals surface area contributed by atoms with Crippen LogP contribution in [0.1, 0.15) is 46.1 Å². The lowest BCUT2D eigenvalue weighted by Crippen LogP contribution is -2.14. The van der Waals surface area contributed by atoms with E-state index in [0.29, 0.717) is 39.7 Å². The summed E-state index contributed by atoms with van der Waals surface area (Å²) in [7, 11) is 0. The lowest BCUT2D eigenvalue weighted by atomic mass is 10.1. The van der Waals surface area contributed by atoms with Crippen molar-refractivity contribution in [3.63, 3.8) is 0 Å². The number of nitrogens with zero attached hydrogens (tertiary/aromatic N) is 2. The van der Waals surface area contributed by atoms with Gasteiger partial charge in [-0.25, -0.2) is 9.78 Å². The number of pyridine rings is 1. The molecule has 28 heavy (non-hydrogen) atoms. The van der Waals surface area contributed by atoms with Crippen LogP contribution in [0.3, 0.4) is 0 Å². The Labute approximate surface area is 160 Å². The van der Waals surface area contributed by atoms with Gasteiger partial charge in [0.2, 0.25) is 0 Å². The quantitative estimate of drug-likeness (QED) is 0.672. The van der Waals surface area contributed by atoms with Crippen LogP contribution in [0.15, 0.2) is 28.8 Å². The summed E-state index contributed by atoms with van der Waals surface area (Å²) in [6.45, 7) is 3.17. The minimum atomic E-state index is -1.05. The van der Waals surface area contributed by atoms with Crippen molar-refractivity contribution in [1.29, 1.82) is 0 Å². The summed E-state index contributed by atoms with van der Waals surface area (Å²) < 4.78 is 10.5. The van der Waals surface area contributed by atoms with Crippen LogP contribution in [0.25, 0.3) is 11.1 Å². The monoisotopic (exact) mass is 381 g/mol. The second-order valence-electron chi connectivity index (χ2n) is 6.93. The van der Waals surface area contributed by atoms with Crippen molar-refractivity contribution < 1.29 is 24.0 Å². The van der Waals surface area contributed by atoms with Gasteiger partial charge in [0.1, 0.15) is 5.75 Å². The predicted molar refractivity (Wildman–Crippen MR) is 101 cm³/mol. The van der Waals surface area contributed by atoms with Gasteiger partial charge in [0.25, 0.3) is 11.6 Å². The minimum Gasteiger partial charge on any atom is -0.482 e. The summed E-state index contributed by atoms with van der Waals surface area (Å²) >= 11 is 0. The molecule has 1 amide bonds. The average molecular weight is 381 g/mol. The van der Waals surface area contributed by atoms with E-state index < -0.39 is 12.6 Å². The van der Waals surface area contributed by atoms with Gasteiger partial charge in [-0.05, 0) is 56.5 Å². The zero-order valence-electron chi connectivity index (χ0n) is 15.5. The number of carboxylic acid groups (broad SMARTS) is 1.